The molecule has 3 rings (SSSR count). The number of aromatic hydroxyl groups is 3. The van der Waals surface area contributed by atoms with Gasteiger partial charge in [0.05, 0.1) is 11.1 Å². The van der Waals surface area contributed by atoms with Gasteiger partial charge in [-0.2, -0.15) is 0 Å². The molecule has 1 aromatic carbocycles. The largest absolute Gasteiger partial charge is 0.507 e. The average molecular weight is 487 g/mol. The normalized spacial score (nSPS) is 28.2. The van der Waals surface area contributed by atoms with E-state index in [2.05, 4.69) is 13.8 Å². The fourth-order valence-electron chi connectivity index (χ4n) is 6.94. The minimum Gasteiger partial charge on any atom is -0.507 e. The van der Waals surface area contributed by atoms with Gasteiger partial charge in [-0.1, -0.05) is 34.6 Å². The van der Waals surface area contributed by atoms with E-state index in [0.717, 1.165) is 0 Å². The fourth-order valence-corrected chi connectivity index (χ4v) is 6.94. The number of hydrogen-bond acceptors (Lipinski definition) is 7. The second-order valence-corrected chi connectivity index (χ2v) is 11.8. The van der Waals surface area contributed by atoms with Crippen molar-refractivity contribution in [2.24, 2.45) is 34.5 Å². The van der Waals surface area contributed by atoms with E-state index in [1.165, 1.54) is 0 Å². The fraction of sp³-hybridized carbons (Fsp3) is 0.643. The number of carbonyl (C=O) groups is 4. The van der Waals surface area contributed by atoms with Crippen LogP contribution in [0.25, 0.3) is 0 Å². The summed E-state index contributed by atoms with van der Waals surface area (Å²) in [5, 5.41) is 32.4. The van der Waals surface area contributed by atoms with E-state index in [4.69, 9.17) is 0 Å². The van der Waals surface area contributed by atoms with Gasteiger partial charge in [-0.05, 0) is 60.7 Å². The molecule has 7 heteroatoms. The van der Waals surface area contributed by atoms with Gasteiger partial charge >= 0.3 is 0 Å². The van der Waals surface area contributed by atoms with Gasteiger partial charge in [0.15, 0.2) is 12.6 Å². The molecule has 0 spiro atoms. The lowest BCUT2D eigenvalue weighted by molar-refractivity contribution is -0.123. The van der Waals surface area contributed by atoms with Crippen molar-refractivity contribution in [3.05, 3.63) is 16.7 Å². The van der Waals surface area contributed by atoms with Crippen LogP contribution in [0.5, 0.6) is 17.2 Å². The highest BCUT2D eigenvalue weighted by Crippen LogP contribution is 2.71. The van der Waals surface area contributed by atoms with Crippen molar-refractivity contribution in [1.82, 2.24) is 0 Å². The van der Waals surface area contributed by atoms with E-state index in [9.17, 15) is 34.5 Å². The van der Waals surface area contributed by atoms with Crippen molar-refractivity contribution >= 4 is 24.1 Å². The first-order chi connectivity index (χ1) is 16.2. The summed E-state index contributed by atoms with van der Waals surface area (Å²) in [6.45, 7) is 11.8. The maximum Gasteiger partial charge on any atom is 0.157 e. The van der Waals surface area contributed by atoms with Crippen LogP contribution in [-0.2, 0) is 9.59 Å². The van der Waals surface area contributed by atoms with Gasteiger partial charge in [-0.15, -0.1) is 0 Å². The molecule has 0 bridgehead atoms. The lowest BCUT2D eigenvalue weighted by atomic mass is 9.62. The molecule has 4 unspecified atom stereocenters. The number of hydrogen-bond donors (Lipinski definition) is 3. The molecule has 192 valence electrons. The van der Waals surface area contributed by atoms with Gasteiger partial charge in [0.2, 0.25) is 0 Å². The molecule has 3 N–H and O–H groups in total. The number of carbonyl (C=O) groups excluding carboxylic acids is 4. The Labute approximate surface area is 206 Å². The Bertz CT molecular complexity index is 1020. The van der Waals surface area contributed by atoms with Gasteiger partial charge in [0.25, 0.3) is 0 Å². The smallest absolute Gasteiger partial charge is 0.157 e. The van der Waals surface area contributed by atoms with E-state index in [-0.39, 0.29) is 58.8 Å². The molecule has 1 aromatic rings. The van der Waals surface area contributed by atoms with Crippen LogP contribution in [0, 0.1) is 34.5 Å². The third-order valence-electron chi connectivity index (χ3n) is 8.89. The second kappa shape index (κ2) is 9.40. The van der Waals surface area contributed by atoms with Crippen molar-refractivity contribution in [3.8, 4) is 17.2 Å². The summed E-state index contributed by atoms with van der Waals surface area (Å²) in [7, 11) is 0. The van der Waals surface area contributed by atoms with Crippen molar-refractivity contribution in [3.63, 3.8) is 0 Å². The molecule has 0 aliphatic heterocycles. The Morgan fingerprint density at radius 1 is 1.03 bits per heavy atom. The zero-order chi connectivity index (χ0) is 26.5. The molecule has 5 atom stereocenters. The molecule has 2 saturated carbocycles. The number of ketones is 2. The van der Waals surface area contributed by atoms with Crippen molar-refractivity contribution in [2.75, 3.05) is 0 Å². The average Bonchev–Trinajstić information content (AvgIpc) is 3.14. The number of phenols is 3. The summed E-state index contributed by atoms with van der Waals surface area (Å²) >= 11 is 0. The van der Waals surface area contributed by atoms with Crippen LogP contribution >= 0.6 is 0 Å². The molecule has 35 heavy (non-hydrogen) atoms. The zero-order valence-corrected chi connectivity index (χ0v) is 21.6. The summed E-state index contributed by atoms with van der Waals surface area (Å²) < 4.78 is 0. The highest BCUT2D eigenvalue weighted by Gasteiger charge is 2.67. The number of aldehydes is 2. The zero-order valence-electron chi connectivity index (χ0n) is 21.6. The third kappa shape index (κ3) is 4.38. The van der Waals surface area contributed by atoms with Crippen LogP contribution in [0.15, 0.2) is 0 Å². The van der Waals surface area contributed by atoms with Crippen LogP contribution in [0.1, 0.15) is 106 Å². The third-order valence-corrected chi connectivity index (χ3v) is 8.89. The molecule has 0 amide bonds. The standard InChI is InChI=1S/C28H38O7/c1-14(2)11-19(21-25(34)16(12-29)24(33)17(13-30)26(21)35)28(6)10-9-20(32)23(28)22-18(27(22,4)5)8-7-15(3)31/h12-14,18-19,22-23,33-35H,7-11H2,1-6H3/t18?,19?,22-,23?,28?/m0/s1. The predicted octanol–water partition coefficient (Wildman–Crippen LogP) is 5.18. The van der Waals surface area contributed by atoms with Crippen LogP contribution in [-0.4, -0.2) is 39.5 Å². The SMILES string of the molecule is CC(=O)CCC1[C@@H](C2C(=O)CCC2(C)C(CC(C)C)c2c(O)c(C=O)c(O)c(C=O)c2O)C1(C)C. The summed E-state index contributed by atoms with van der Waals surface area (Å²) in [6.07, 6.45) is 3.11. The van der Waals surface area contributed by atoms with Crippen LogP contribution in [0.2, 0.25) is 0 Å². The van der Waals surface area contributed by atoms with Crippen LogP contribution in [0.3, 0.4) is 0 Å². The van der Waals surface area contributed by atoms with E-state index in [0.29, 0.717) is 32.1 Å². The molecule has 7 nitrogen and oxygen atoms in total. The van der Waals surface area contributed by atoms with E-state index in [1.54, 1.807) is 6.92 Å². The van der Waals surface area contributed by atoms with Crippen molar-refractivity contribution in [2.45, 2.75) is 79.6 Å². The highest BCUT2D eigenvalue weighted by molar-refractivity contribution is 5.95. The second-order valence-electron chi connectivity index (χ2n) is 11.8. The Morgan fingerprint density at radius 3 is 2.03 bits per heavy atom. The number of benzene rings is 1. The number of rotatable bonds is 10. The molecule has 0 aromatic heterocycles. The van der Waals surface area contributed by atoms with Gasteiger partial charge in [-0.3, -0.25) is 14.4 Å². The number of phenolic OH excluding ortho intramolecular Hbond substituents is 3. The quantitative estimate of drug-likeness (QED) is 0.388. The summed E-state index contributed by atoms with van der Waals surface area (Å²) in [5.74, 6) is -2.13. The number of Topliss-reactive ketones (excluding diaryl/α,β-unsaturated/α-hetero) is 2. The first-order valence-corrected chi connectivity index (χ1v) is 12.5. The van der Waals surface area contributed by atoms with E-state index < -0.39 is 39.7 Å². The Balaban J connectivity index is 2.18. The van der Waals surface area contributed by atoms with Crippen molar-refractivity contribution in [1.29, 1.82) is 0 Å². The summed E-state index contributed by atoms with van der Waals surface area (Å²) in [6, 6.07) is 0. The molecule has 2 aliphatic rings. The predicted molar refractivity (Wildman–Crippen MR) is 131 cm³/mol. The molecule has 0 saturated heterocycles. The van der Waals surface area contributed by atoms with E-state index >= 15 is 0 Å². The summed E-state index contributed by atoms with van der Waals surface area (Å²) in [5.41, 5.74) is -1.64. The molecule has 2 aliphatic carbocycles. The lowest BCUT2D eigenvalue weighted by Gasteiger charge is -2.41. The Morgan fingerprint density at radius 2 is 1.57 bits per heavy atom. The minimum absolute atomic E-state index is 0.0432. The summed E-state index contributed by atoms with van der Waals surface area (Å²) in [4.78, 5) is 48.5. The van der Waals surface area contributed by atoms with Gasteiger partial charge in [0, 0.05) is 24.3 Å². The topological polar surface area (TPSA) is 129 Å². The molecular formula is C28H38O7. The monoisotopic (exact) mass is 486 g/mol. The van der Waals surface area contributed by atoms with Crippen LogP contribution in [0.4, 0.5) is 0 Å². The van der Waals surface area contributed by atoms with Gasteiger partial charge in [0.1, 0.15) is 28.8 Å². The van der Waals surface area contributed by atoms with Crippen molar-refractivity contribution < 1.29 is 34.5 Å². The first-order valence-electron chi connectivity index (χ1n) is 12.5. The highest BCUT2D eigenvalue weighted by atomic mass is 16.3. The lowest BCUT2D eigenvalue weighted by Crippen LogP contribution is -2.36. The Kier molecular flexibility index (Phi) is 7.22. The molecule has 0 radical (unpaired) electrons. The Hall–Kier alpha value is -2.70. The first kappa shape index (κ1) is 26.9. The van der Waals surface area contributed by atoms with Gasteiger partial charge in [-0.25, -0.2) is 0 Å². The van der Waals surface area contributed by atoms with E-state index in [1.807, 2.05) is 20.8 Å². The maximum absolute atomic E-state index is 13.4. The maximum atomic E-state index is 13.4. The van der Waals surface area contributed by atoms with Gasteiger partial charge < -0.3 is 20.1 Å². The van der Waals surface area contributed by atoms with Crippen LogP contribution < -0.4 is 0 Å². The minimum atomic E-state index is -0.756. The molecule has 2 fully saturated rings. The molecule has 0 heterocycles. The molecular weight excluding hydrogens is 448 g/mol.